The van der Waals surface area contributed by atoms with Crippen molar-refractivity contribution in [1.82, 2.24) is 0 Å². The minimum absolute atomic E-state index is 0.0659. The minimum Gasteiger partial charge on any atom is -0.490 e. The molecule has 5 nitrogen and oxygen atoms in total. The van der Waals surface area contributed by atoms with Crippen LogP contribution in [-0.4, -0.2) is 6.61 Å². The zero-order valence-corrected chi connectivity index (χ0v) is 18.1. The monoisotopic (exact) mass is 456 g/mol. The molecule has 0 aliphatic heterocycles. The summed E-state index contributed by atoms with van der Waals surface area (Å²) < 4.78 is 22.7. The van der Waals surface area contributed by atoms with Gasteiger partial charge in [0.2, 0.25) is 11.2 Å². The van der Waals surface area contributed by atoms with Gasteiger partial charge in [-0.3, -0.25) is 4.79 Å². The third-order valence-electron chi connectivity index (χ3n) is 4.53. The Kier molecular flexibility index (Phi) is 6.35. The number of rotatable bonds is 7. The lowest BCUT2D eigenvalue weighted by atomic mass is 10.2. The van der Waals surface area contributed by atoms with Gasteiger partial charge in [-0.15, -0.1) is 0 Å². The summed E-state index contributed by atoms with van der Waals surface area (Å²) in [7, 11) is 0. The van der Waals surface area contributed by atoms with Crippen molar-refractivity contribution in [2.24, 2.45) is 0 Å². The second kappa shape index (κ2) is 9.33. The number of hydrogen-bond acceptors (Lipinski definition) is 5. The van der Waals surface area contributed by atoms with Crippen LogP contribution in [0, 0.1) is 0 Å². The van der Waals surface area contributed by atoms with Crippen LogP contribution in [0.25, 0.3) is 11.0 Å². The molecule has 31 heavy (non-hydrogen) atoms. The molecule has 0 bridgehead atoms. The van der Waals surface area contributed by atoms with Crippen LogP contribution in [0.4, 0.5) is 0 Å². The molecule has 4 rings (SSSR count). The zero-order valence-electron chi connectivity index (χ0n) is 16.6. The Morgan fingerprint density at radius 1 is 0.871 bits per heavy atom. The Morgan fingerprint density at radius 2 is 1.61 bits per heavy atom. The lowest BCUT2D eigenvalue weighted by Gasteiger charge is -2.11. The molecule has 0 aliphatic rings. The molecule has 3 aromatic carbocycles. The van der Waals surface area contributed by atoms with Gasteiger partial charge >= 0.3 is 0 Å². The second-order valence-corrected chi connectivity index (χ2v) is 7.37. The van der Waals surface area contributed by atoms with Gasteiger partial charge in [0.15, 0.2) is 11.5 Å². The molecule has 1 heterocycles. The highest BCUT2D eigenvalue weighted by atomic mass is 35.5. The molecular formula is C24H18Cl2O5. The molecule has 0 saturated carbocycles. The largest absolute Gasteiger partial charge is 0.490 e. The van der Waals surface area contributed by atoms with E-state index in [1.807, 2.05) is 13.0 Å². The van der Waals surface area contributed by atoms with E-state index in [2.05, 4.69) is 0 Å². The minimum atomic E-state index is -0.298. The molecule has 1 aromatic heterocycles. The zero-order chi connectivity index (χ0) is 21.8. The van der Waals surface area contributed by atoms with E-state index >= 15 is 0 Å². The molecule has 0 N–H and O–H groups in total. The van der Waals surface area contributed by atoms with Crippen LogP contribution in [0.1, 0.15) is 12.5 Å². The van der Waals surface area contributed by atoms with E-state index in [-0.39, 0.29) is 17.8 Å². The van der Waals surface area contributed by atoms with Gasteiger partial charge < -0.3 is 18.6 Å². The maximum atomic E-state index is 12.9. The van der Waals surface area contributed by atoms with Crippen molar-refractivity contribution in [3.63, 3.8) is 0 Å². The SMILES string of the molecule is CCOc1ccccc1Oc1coc2cc(OCc3c(Cl)cccc3Cl)ccc2c1=O. The molecule has 0 saturated heterocycles. The topological polar surface area (TPSA) is 57.9 Å². The first kappa shape index (κ1) is 21.1. The van der Waals surface area contributed by atoms with Crippen LogP contribution in [0.15, 0.2) is 76.1 Å². The lowest BCUT2D eigenvalue weighted by molar-refractivity contribution is 0.306. The number of fused-ring (bicyclic) bond motifs is 1. The Bertz CT molecular complexity index is 1260. The summed E-state index contributed by atoms with van der Waals surface area (Å²) in [6.07, 6.45) is 1.28. The Balaban J connectivity index is 1.58. The van der Waals surface area contributed by atoms with Crippen LogP contribution in [-0.2, 0) is 6.61 Å². The van der Waals surface area contributed by atoms with Gasteiger partial charge in [0, 0.05) is 21.7 Å². The fourth-order valence-corrected chi connectivity index (χ4v) is 3.51. The smallest absolute Gasteiger partial charge is 0.235 e. The van der Waals surface area contributed by atoms with Gasteiger partial charge in [0.05, 0.1) is 12.0 Å². The van der Waals surface area contributed by atoms with Gasteiger partial charge in [-0.1, -0.05) is 41.4 Å². The van der Waals surface area contributed by atoms with E-state index in [0.29, 0.717) is 50.4 Å². The molecule has 7 heteroatoms. The first-order chi connectivity index (χ1) is 15.1. The molecule has 0 radical (unpaired) electrons. The van der Waals surface area contributed by atoms with E-state index in [9.17, 15) is 4.79 Å². The number of halogens is 2. The van der Waals surface area contributed by atoms with Crippen LogP contribution in [0.3, 0.4) is 0 Å². The first-order valence-electron chi connectivity index (χ1n) is 9.57. The molecule has 0 unspecified atom stereocenters. The van der Waals surface area contributed by atoms with Gasteiger partial charge in [0.1, 0.15) is 24.2 Å². The number of para-hydroxylation sites is 2. The molecule has 158 valence electrons. The number of hydrogen-bond donors (Lipinski definition) is 0. The second-order valence-electron chi connectivity index (χ2n) is 6.56. The van der Waals surface area contributed by atoms with Gasteiger partial charge in [-0.2, -0.15) is 0 Å². The summed E-state index contributed by atoms with van der Waals surface area (Å²) in [5.74, 6) is 1.57. The Morgan fingerprint density at radius 3 is 2.35 bits per heavy atom. The van der Waals surface area contributed by atoms with E-state index < -0.39 is 0 Å². The third kappa shape index (κ3) is 4.63. The molecule has 0 atom stereocenters. The molecule has 0 amide bonds. The summed E-state index contributed by atoms with van der Waals surface area (Å²) in [6, 6.07) is 17.3. The standard InChI is InChI=1S/C24H18Cl2O5/c1-2-28-20-8-3-4-9-21(20)31-23-14-30-22-12-15(10-11-16(22)24(23)27)29-13-17-18(25)6-5-7-19(17)26/h3-12,14H,2,13H2,1H3. The quantitative estimate of drug-likeness (QED) is 0.303. The highest BCUT2D eigenvalue weighted by molar-refractivity contribution is 6.35. The molecule has 0 spiro atoms. The maximum Gasteiger partial charge on any atom is 0.235 e. The average molecular weight is 457 g/mol. The van der Waals surface area contributed by atoms with Crippen molar-refractivity contribution in [2.75, 3.05) is 6.61 Å². The average Bonchev–Trinajstić information content (AvgIpc) is 2.77. The summed E-state index contributed by atoms with van der Waals surface area (Å²) in [4.78, 5) is 12.9. The number of ether oxygens (including phenoxy) is 3. The summed E-state index contributed by atoms with van der Waals surface area (Å²) in [5, 5.41) is 1.41. The van der Waals surface area contributed by atoms with E-state index in [0.717, 1.165) is 0 Å². The van der Waals surface area contributed by atoms with E-state index in [1.165, 1.54) is 6.26 Å². The Labute approximate surface area is 188 Å². The van der Waals surface area contributed by atoms with Crippen LogP contribution in [0.2, 0.25) is 10.0 Å². The molecule has 4 aromatic rings. The first-order valence-corrected chi connectivity index (χ1v) is 10.3. The van der Waals surface area contributed by atoms with Crippen LogP contribution >= 0.6 is 23.2 Å². The summed E-state index contributed by atoms with van der Waals surface area (Å²) in [6.45, 7) is 2.54. The summed E-state index contributed by atoms with van der Waals surface area (Å²) >= 11 is 12.4. The summed E-state index contributed by atoms with van der Waals surface area (Å²) in [5.41, 5.74) is 0.760. The van der Waals surface area contributed by atoms with E-state index in [4.69, 9.17) is 41.8 Å². The van der Waals surface area contributed by atoms with Gasteiger partial charge in [-0.05, 0) is 43.3 Å². The van der Waals surface area contributed by atoms with Crippen molar-refractivity contribution in [2.45, 2.75) is 13.5 Å². The predicted octanol–water partition coefficient (Wildman–Crippen LogP) is 6.87. The Hall–Kier alpha value is -3.15. The van der Waals surface area contributed by atoms with E-state index in [1.54, 1.807) is 54.6 Å². The molecule has 0 aliphatic carbocycles. The third-order valence-corrected chi connectivity index (χ3v) is 5.24. The maximum absolute atomic E-state index is 12.9. The van der Waals surface area contributed by atoms with Crippen LogP contribution < -0.4 is 19.6 Å². The van der Waals surface area contributed by atoms with Crippen molar-refractivity contribution >= 4 is 34.2 Å². The normalized spacial score (nSPS) is 10.8. The molecular weight excluding hydrogens is 439 g/mol. The fourth-order valence-electron chi connectivity index (χ4n) is 3.00. The van der Waals surface area contributed by atoms with Gasteiger partial charge in [-0.25, -0.2) is 0 Å². The van der Waals surface area contributed by atoms with Crippen molar-refractivity contribution in [1.29, 1.82) is 0 Å². The van der Waals surface area contributed by atoms with Gasteiger partial charge in [0.25, 0.3) is 0 Å². The molecule has 0 fully saturated rings. The predicted molar refractivity (Wildman–Crippen MR) is 121 cm³/mol. The van der Waals surface area contributed by atoms with Crippen molar-refractivity contribution in [3.05, 3.63) is 92.8 Å². The number of benzene rings is 3. The highest BCUT2D eigenvalue weighted by Crippen LogP contribution is 2.31. The lowest BCUT2D eigenvalue weighted by Crippen LogP contribution is -2.06. The van der Waals surface area contributed by atoms with Crippen LogP contribution in [0.5, 0.6) is 23.0 Å². The van der Waals surface area contributed by atoms with Crippen molar-refractivity contribution in [3.8, 4) is 23.0 Å². The fraction of sp³-hybridized carbons (Fsp3) is 0.125. The highest BCUT2D eigenvalue weighted by Gasteiger charge is 2.13. The van der Waals surface area contributed by atoms with Crippen molar-refractivity contribution < 1.29 is 18.6 Å².